The summed E-state index contributed by atoms with van der Waals surface area (Å²) in [5.41, 5.74) is 5.31. The molecule has 0 aromatic heterocycles. The van der Waals surface area contributed by atoms with Crippen molar-refractivity contribution in [3.63, 3.8) is 0 Å². The number of ether oxygens (including phenoxy) is 1. The second-order valence-corrected chi connectivity index (χ2v) is 6.66. The van der Waals surface area contributed by atoms with Gasteiger partial charge in [0.05, 0.1) is 19.3 Å². The zero-order valence-corrected chi connectivity index (χ0v) is 15.6. The molecule has 134 valence electrons. The fourth-order valence-electron chi connectivity index (χ4n) is 2.62. The zero-order valence-electron chi connectivity index (χ0n) is 15.6. The molecule has 0 aliphatic rings. The molecule has 0 saturated carbocycles. The Hall–Kier alpha value is -1.34. The molecule has 0 bridgehead atoms. The van der Waals surface area contributed by atoms with E-state index in [4.69, 9.17) is 4.74 Å². The average molecular weight is 331 g/mol. The maximum Gasteiger partial charge on any atom is 0.0868 e. The summed E-state index contributed by atoms with van der Waals surface area (Å²) >= 11 is 0. The van der Waals surface area contributed by atoms with E-state index in [1.165, 1.54) is 32.1 Å². The van der Waals surface area contributed by atoms with Gasteiger partial charge in [0.1, 0.15) is 0 Å². The smallest absolute Gasteiger partial charge is 0.0868 e. The second kappa shape index (κ2) is 13.0. The predicted octanol–water partition coefficient (Wildman–Crippen LogP) is 5.66. The minimum atomic E-state index is -0.489. The van der Waals surface area contributed by atoms with Crippen molar-refractivity contribution in [3.05, 3.63) is 53.3 Å². The largest absolute Gasteiger partial charge is 0.388 e. The molecule has 1 aromatic carbocycles. The molecule has 0 saturated heterocycles. The van der Waals surface area contributed by atoms with Gasteiger partial charge in [0.15, 0.2) is 0 Å². The van der Waals surface area contributed by atoms with Crippen LogP contribution in [0.1, 0.15) is 64.9 Å². The lowest BCUT2D eigenvalue weighted by Crippen LogP contribution is -2.23. The van der Waals surface area contributed by atoms with E-state index in [-0.39, 0.29) is 5.92 Å². The molecular formula is C22H34O2. The van der Waals surface area contributed by atoms with Gasteiger partial charge in [-0.15, -0.1) is 5.73 Å². The summed E-state index contributed by atoms with van der Waals surface area (Å²) in [5.74, 6) is 0.0687. The molecule has 2 heteroatoms. The molecule has 0 radical (unpaired) electrons. The van der Waals surface area contributed by atoms with Gasteiger partial charge in [-0.05, 0) is 37.0 Å². The molecule has 0 unspecified atom stereocenters. The van der Waals surface area contributed by atoms with Crippen LogP contribution < -0.4 is 0 Å². The van der Waals surface area contributed by atoms with E-state index in [0.717, 1.165) is 17.6 Å². The van der Waals surface area contributed by atoms with Gasteiger partial charge >= 0.3 is 0 Å². The third kappa shape index (κ3) is 9.08. The Kier molecular flexibility index (Phi) is 11.2. The van der Waals surface area contributed by atoms with Crippen LogP contribution in [0, 0.1) is 5.92 Å². The lowest BCUT2D eigenvalue weighted by molar-refractivity contribution is 0.0432. The first-order chi connectivity index (χ1) is 11.6. The summed E-state index contributed by atoms with van der Waals surface area (Å²) in [4.78, 5) is 0. The van der Waals surface area contributed by atoms with E-state index >= 15 is 0 Å². The van der Waals surface area contributed by atoms with Crippen molar-refractivity contribution in [3.8, 4) is 0 Å². The van der Waals surface area contributed by atoms with Gasteiger partial charge in [-0.2, -0.15) is 0 Å². The molecular weight excluding hydrogens is 296 g/mol. The van der Waals surface area contributed by atoms with Crippen molar-refractivity contribution < 1.29 is 9.84 Å². The van der Waals surface area contributed by atoms with E-state index in [9.17, 15) is 5.11 Å². The third-order valence-corrected chi connectivity index (χ3v) is 4.26. The van der Waals surface area contributed by atoms with Crippen LogP contribution in [0.3, 0.4) is 0 Å². The highest BCUT2D eigenvalue weighted by Gasteiger charge is 2.15. The van der Waals surface area contributed by atoms with Crippen LogP contribution in [0.25, 0.3) is 0 Å². The quantitative estimate of drug-likeness (QED) is 0.396. The van der Waals surface area contributed by atoms with Crippen LogP contribution in [0.15, 0.2) is 47.7 Å². The first-order valence-corrected chi connectivity index (χ1v) is 9.36. The number of benzene rings is 1. The number of rotatable bonds is 12. The topological polar surface area (TPSA) is 29.5 Å². The highest BCUT2D eigenvalue weighted by Crippen LogP contribution is 2.13. The summed E-state index contributed by atoms with van der Waals surface area (Å²) in [5, 5.41) is 10.4. The van der Waals surface area contributed by atoms with Gasteiger partial charge < -0.3 is 9.84 Å². The number of hydrogen-bond acceptors (Lipinski definition) is 2. The summed E-state index contributed by atoms with van der Waals surface area (Å²) in [6.45, 7) is 7.34. The number of aliphatic hydroxyl groups is 1. The molecule has 0 amide bonds. The van der Waals surface area contributed by atoms with Crippen molar-refractivity contribution >= 4 is 0 Å². The summed E-state index contributed by atoms with van der Waals surface area (Å²) < 4.78 is 5.72. The highest BCUT2D eigenvalue weighted by atomic mass is 16.5. The number of hydrogen-bond donors (Lipinski definition) is 1. The molecule has 2 nitrogen and oxygen atoms in total. The molecule has 0 heterocycles. The maximum atomic E-state index is 10.4. The van der Waals surface area contributed by atoms with Crippen LogP contribution in [-0.4, -0.2) is 17.8 Å². The molecule has 1 aromatic rings. The van der Waals surface area contributed by atoms with Gasteiger partial charge in [-0.25, -0.2) is 0 Å². The SMILES string of the molecule is CCCCCCCC=C=C(C)[C@@H](O)[C@@H](C)COCc1ccccc1. The standard InChI is InChI=1S/C22H34O2/c1-4-5-6-7-8-9-11-14-19(2)22(23)20(3)17-24-18-21-15-12-10-13-16-21/h10-13,15-16,20,22-23H,4-9,17-18H2,1-3H3/t14?,20-,22+/m0/s1. The summed E-state index contributed by atoms with van der Waals surface area (Å²) in [7, 11) is 0. The van der Waals surface area contributed by atoms with Crippen LogP contribution >= 0.6 is 0 Å². The summed E-state index contributed by atoms with van der Waals surface area (Å²) in [6, 6.07) is 10.1. The molecule has 0 aliphatic heterocycles. The normalized spacial score (nSPS) is 13.2. The van der Waals surface area contributed by atoms with Crippen molar-refractivity contribution in [2.75, 3.05) is 6.61 Å². The first-order valence-electron chi connectivity index (χ1n) is 9.36. The van der Waals surface area contributed by atoms with E-state index in [0.29, 0.717) is 13.2 Å². The van der Waals surface area contributed by atoms with Crippen LogP contribution in [0.2, 0.25) is 0 Å². The van der Waals surface area contributed by atoms with Gasteiger partial charge in [0, 0.05) is 5.92 Å². The van der Waals surface area contributed by atoms with Gasteiger partial charge in [0.2, 0.25) is 0 Å². The van der Waals surface area contributed by atoms with Crippen molar-refractivity contribution in [1.29, 1.82) is 0 Å². The predicted molar refractivity (Wildman–Crippen MR) is 102 cm³/mol. The molecule has 0 aliphatic carbocycles. The molecule has 2 atom stereocenters. The lowest BCUT2D eigenvalue weighted by Gasteiger charge is -2.18. The van der Waals surface area contributed by atoms with E-state index in [1.54, 1.807) is 0 Å². The Morgan fingerprint density at radius 2 is 1.88 bits per heavy atom. The minimum Gasteiger partial charge on any atom is -0.388 e. The summed E-state index contributed by atoms with van der Waals surface area (Å²) in [6.07, 6.45) is 9.07. The number of aliphatic hydroxyl groups excluding tert-OH is 1. The molecule has 24 heavy (non-hydrogen) atoms. The monoisotopic (exact) mass is 330 g/mol. The Bertz CT molecular complexity index is 486. The lowest BCUT2D eigenvalue weighted by atomic mass is 9.99. The van der Waals surface area contributed by atoms with Crippen LogP contribution in [0.4, 0.5) is 0 Å². The Labute approximate surface area is 148 Å². The number of unbranched alkanes of at least 4 members (excludes halogenated alkanes) is 5. The fraction of sp³-hybridized carbons (Fsp3) is 0.591. The van der Waals surface area contributed by atoms with Crippen molar-refractivity contribution in [2.45, 2.75) is 72.0 Å². The maximum absolute atomic E-state index is 10.4. The molecule has 0 spiro atoms. The Balaban J connectivity index is 2.27. The van der Waals surface area contributed by atoms with Crippen LogP contribution in [0.5, 0.6) is 0 Å². The Morgan fingerprint density at radius 3 is 2.58 bits per heavy atom. The van der Waals surface area contributed by atoms with E-state index < -0.39 is 6.10 Å². The highest BCUT2D eigenvalue weighted by molar-refractivity contribution is 5.13. The van der Waals surface area contributed by atoms with Gasteiger partial charge in [0.25, 0.3) is 0 Å². The Morgan fingerprint density at radius 1 is 1.17 bits per heavy atom. The molecule has 0 fully saturated rings. The van der Waals surface area contributed by atoms with Gasteiger partial charge in [-0.3, -0.25) is 0 Å². The zero-order chi connectivity index (χ0) is 17.6. The van der Waals surface area contributed by atoms with Crippen molar-refractivity contribution in [2.24, 2.45) is 5.92 Å². The van der Waals surface area contributed by atoms with Crippen LogP contribution in [-0.2, 0) is 11.3 Å². The van der Waals surface area contributed by atoms with E-state index in [1.807, 2.05) is 32.0 Å². The molecule has 1 rings (SSSR count). The first kappa shape index (κ1) is 20.7. The van der Waals surface area contributed by atoms with E-state index in [2.05, 4.69) is 30.9 Å². The second-order valence-electron chi connectivity index (χ2n) is 6.66. The minimum absolute atomic E-state index is 0.0687. The molecule has 1 N–H and O–H groups in total. The third-order valence-electron chi connectivity index (χ3n) is 4.26. The van der Waals surface area contributed by atoms with Gasteiger partial charge in [-0.1, -0.05) is 69.9 Å². The average Bonchev–Trinajstić information content (AvgIpc) is 2.61. The van der Waals surface area contributed by atoms with Crippen molar-refractivity contribution in [1.82, 2.24) is 0 Å². The fourth-order valence-corrected chi connectivity index (χ4v) is 2.62.